The lowest BCUT2D eigenvalue weighted by atomic mass is 10.0. The predicted molar refractivity (Wildman–Crippen MR) is 151 cm³/mol. The zero-order valence-electron chi connectivity index (χ0n) is 22.3. The Morgan fingerprint density at radius 1 is 1.00 bits per heavy atom. The number of hydrogen-bond acceptors (Lipinski definition) is 4. The molecule has 0 saturated carbocycles. The van der Waals surface area contributed by atoms with E-state index in [9.17, 15) is 14.7 Å². The summed E-state index contributed by atoms with van der Waals surface area (Å²) in [6.07, 6.45) is 4.13. The number of carbonyl (C=O) groups excluding carboxylic acids is 1. The molecule has 2 N–H and O–H groups in total. The molecule has 2 amide bonds. The molecule has 0 fully saturated rings. The molecular weight excluding hydrogens is 480 g/mol. The number of carbonyl (C=O) groups is 2. The van der Waals surface area contributed by atoms with Crippen LogP contribution in [0.4, 0.5) is 10.5 Å². The monoisotopic (exact) mass is 516 g/mol. The fourth-order valence-electron chi connectivity index (χ4n) is 3.86. The fraction of sp³-hybridized carbons (Fsp3) is 0.290. The highest BCUT2D eigenvalue weighted by Gasteiger charge is 2.14. The molecule has 0 aromatic heterocycles. The van der Waals surface area contributed by atoms with Crippen LogP contribution in [-0.2, 0) is 16.0 Å². The number of nitrogens with one attached hydrogen (secondary N) is 1. The van der Waals surface area contributed by atoms with E-state index in [1.54, 1.807) is 18.9 Å². The molecule has 0 spiro atoms. The first-order valence-electron chi connectivity index (χ1n) is 12.9. The minimum Gasteiger partial charge on any atom is -0.493 e. The van der Waals surface area contributed by atoms with Gasteiger partial charge in [0.1, 0.15) is 5.75 Å². The normalized spacial score (nSPS) is 11.1. The van der Waals surface area contributed by atoms with Crippen LogP contribution < -0.4 is 15.0 Å². The van der Waals surface area contributed by atoms with Crippen LogP contribution in [0.5, 0.6) is 5.75 Å². The number of urea groups is 1. The van der Waals surface area contributed by atoms with Gasteiger partial charge in [-0.15, -0.1) is 0 Å². The smallest absolute Gasteiger partial charge is 0.371 e. The van der Waals surface area contributed by atoms with Gasteiger partial charge in [0.15, 0.2) is 0 Å². The summed E-state index contributed by atoms with van der Waals surface area (Å²) in [4.78, 5) is 25.9. The highest BCUT2D eigenvalue weighted by molar-refractivity contribution is 5.93. The summed E-state index contributed by atoms with van der Waals surface area (Å²) in [5.41, 5.74) is 4.32. The quantitative estimate of drug-likeness (QED) is 0.156. The van der Waals surface area contributed by atoms with Crippen molar-refractivity contribution in [3.05, 3.63) is 89.7 Å². The first kappa shape index (κ1) is 28.3. The molecule has 0 radical (unpaired) electrons. The molecule has 0 aliphatic heterocycles. The Hall–Kier alpha value is -4.26. The zero-order chi connectivity index (χ0) is 27.3. The SMILES string of the molecule is CCCCOc1cc(C=C(OCC)C(=O)O)ccc1-c1cccc(N(C)C(=O)NCCc2ccccc2)c1. The second-order valence-corrected chi connectivity index (χ2v) is 8.78. The van der Waals surface area contributed by atoms with Gasteiger partial charge in [0.2, 0.25) is 5.76 Å². The minimum absolute atomic E-state index is 0.123. The van der Waals surface area contributed by atoms with Crippen LogP contribution in [0.2, 0.25) is 0 Å². The van der Waals surface area contributed by atoms with Gasteiger partial charge in [0.05, 0.1) is 13.2 Å². The molecule has 7 heteroatoms. The summed E-state index contributed by atoms with van der Waals surface area (Å²) in [5, 5.41) is 12.4. The lowest BCUT2D eigenvalue weighted by Crippen LogP contribution is -2.38. The van der Waals surface area contributed by atoms with Gasteiger partial charge in [-0.25, -0.2) is 9.59 Å². The highest BCUT2D eigenvalue weighted by atomic mass is 16.5. The van der Waals surface area contributed by atoms with Gasteiger partial charge in [0.25, 0.3) is 0 Å². The minimum atomic E-state index is -1.12. The summed E-state index contributed by atoms with van der Waals surface area (Å²) in [7, 11) is 1.74. The molecule has 0 heterocycles. The van der Waals surface area contributed by atoms with E-state index in [1.165, 1.54) is 11.6 Å². The Kier molecular flexibility index (Phi) is 10.8. The number of anilines is 1. The topological polar surface area (TPSA) is 88.1 Å². The van der Waals surface area contributed by atoms with Crippen molar-refractivity contribution in [2.75, 3.05) is 31.7 Å². The van der Waals surface area contributed by atoms with Gasteiger partial charge in [-0.1, -0.05) is 67.9 Å². The van der Waals surface area contributed by atoms with E-state index in [0.717, 1.165) is 36.1 Å². The number of hydrogen-bond donors (Lipinski definition) is 2. The summed E-state index contributed by atoms with van der Waals surface area (Å²) < 4.78 is 11.4. The molecule has 0 bridgehead atoms. The molecule has 0 aliphatic carbocycles. The number of amides is 2. The average Bonchev–Trinajstić information content (AvgIpc) is 2.93. The standard InChI is InChI=1S/C31H36N2O5/c1-4-6-19-38-28-20-24(21-29(30(34)35)37-5-2)15-16-27(28)25-13-10-14-26(22-25)33(3)31(36)32-18-17-23-11-8-7-9-12-23/h7-16,20-22H,4-6,17-19H2,1-3H3,(H,32,36)(H,34,35). The molecule has 0 aliphatic rings. The van der Waals surface area contributed by atoms with Crippen molar-refractivity contribution in [1.82, 2.24) is 5.32 Å². The molecular formula is C31H36N2O5. The Bertz CT molecular complexity index is 1240. The first-order valence-corrected chi connectivity index (χ1v) is 12.9. The Morgan fingerprint density at radius 2 is 1.79 bits per heavy atom. The van der Waals surface area contributed by atoms with Crippen LogP contribution in [0, 0.1) is 0 Å². The average molecular weight is 517 g/mol. The Morgan fingerprint density at radius 3 is 2.50 bits per heavy atom. The van der Waals surface area contributed by atoms with Crippen LogP contribution in [-0.4, -0.2) is 43.9 Å². The van der Waals surface area contributed by atoms with E-state index in [2.05, 4.69) is 12.2 Å². The van der Waals surface area contributed by atoms with Gasteiger partial charge < -0.3 is 19.9 Å². The van der Waals surface area contributed by atoms with Crippen molar-refractivity contribution in [3.8, 4) is 16.9 Å². The van der Waals surface area contributed by atoms with Gasteiger partial charge >= 0.3 is 12.0 Å². The number of benzene rings is 3. The van der Waals surface area contributed by atoms with E-state index in [0.29, 0.717) is 24.5 Å². The van der Waals surface area contributed by atoms with Gasteiger partial charge in [-0.05, 0) is 60.7 Å². The number of nitrogens with zero attached hydrogens (tertiary/aromatic N) is 1. The van der Waals surface area contributed by atoms with E-state index >= 15 is 0 Å². The van der Waals surface area contributed by atoms with E-state index in [1.807, 2.05) is 72.8 Å². The lowest BCUT2D eigenvalue weighted by molar-refractivity contribution is -0.136. The van der Waals surface area contributed by atoms with Crippen molar-refractivity contribution in [3.63, 3.8) is 0 Å². The maximum Gasteiger partial charge on any atom is 0.371 e. The van der Waals surface area contributed by atoms with Crippen LogP contribution in [0.15, 0.2) is 78.6 Å². The fourth-order valence-corrected chi connectivity index (χ4v) is 3.86. The molecule has 38 heavy (non-hydrogen) atoms. The van der Waals surface area contributed by atoms with Crippen molar-refractivity contribution < 1.29 is 24.2 Å². The van der Waals surface area contributed by atoms with E-state index in [-0.39, 0.29) is 18.4 Å². The third kappa shape index (κ3) is 8.13. The molecule has 0 unspecified atom stereocenters. The summed E-state index contributed by atoms with van der Waals surface area (Å²) in [5.74, 6) is -0.607. The maximum atomic E-state index is 12.8. The Balaban J connectivity index is 1.81. The van der Waals surface area contributed by atoms with Crippen molar-refractivity contribution >= 4 is 23.8 Å². The highest BCUT2D eigenvalue weighted by Crippen LogP contribution is 2.34. The molecule has 7 nitrogen and oxygen atoms in total. The summed E-state index contributed by atoms with van der Waals surface area (Å²) in [6, 6.07) is 23.1. The number of unbranched alkanes of at least 4 members (excludes halogenated alkanes) is 1. The summed E-state index contributed by atoms with van der Waals surface area (Å²) >= 11 is 0. The molecule has 0 atom stereocenters. The van der Waals surface area contributed by atoms with E-state index < -0.39 is 5.97 Å². The molecule has 3 rings (SSSR count). The van der Waals surface area contributed by atoms with Gasteiger partial charge in [0, 0.05) is 24.8 Å². The van der Waals surface area contributed by atoms with Gasteiger partial charge in [-0.3, -0.25) is 4.90 Å². The van der Waals surface area contributed by atoms with Crippen LogP contribution in [0.25, 0.3) is 17.2 Å². The number of rotatable bonds is 13. The lowest BCUT2D eigenvalue weighted by Gasteiger charge is -2.20. The van der Waals surface area contributed by atoms with Crippen LogP contribution in [0.1, 0.15) is 37.8 Å². The zero-order valence-corrected chi connectivity index (χ0v) is 22.3. The van der Waals surface area contributed by atoms with Gasteiger partial charge in [-0.2, -0.15) is 0 Å². The van der Waals surface area contributed by atoms with Crippen LogP contribution in [0.3, 0.4) is 0 Å². The third-order valence-electron chi connectivity index (χ3n) is 5.95. The summed E-state index contributed by atoms with van der Waals surface area (Å²) in [6.45, 7) is 5.17. The number of carboxylic acid groups (broad SMARTS) is 1. The van der Waals surface area contributed by atoms with Crippen LogP contribution >= 0.6 is 0 Å². The number of ether oxygens (including phenoxy) is 2. The number of aliphatic carboxylic acids is 1. The second-order valence-electron chi connectivity index (χ2n) is 8.78. The maximum absolute atomic E-state index is 12.8. The largest absolute Gasteiger partial charge is 0.493 e. The predicted octanol–water partition coefficient (Wildman–Crippen LogP) is 6.38. The first-order chi connectivity index (χ1) is 18.4. The Labute approximate surface area is 224 Å². The molecule has 3 aromatic rings. The van der Waals surface area contributed by atoms with E-state index in [4.69, 9.17) is 9.47 Å². The van der Waals surface area contributed by atoms with Crippen molar-refractivity contribution in [2.45, 2.75) is 33.1 Å². The second kappa shape index (κ2) is 14.5. The number of carboxylic acids is 1. The van der Waals surface area contributed by atoms with Crippen molar-refractivity contribution in [2.24, 2.45) is 0 Å². The third-order valence-corrected chi connectivity index (χ3v) is 5.95. The molecule has 3 aromatic carbocycles. The molecule has 0 saturated heterocycles. The molecule has 200 valence electrons. The van der Waals surface area contributed by atoms with Crippen molar-refractivity contribution in [1.29, 1.82) is 0 Å².